The number of aromatic nitrogens is 4. The van der Waals surface area contributed by atoms with E-state index >= 15 is 0 Å². The molecule has 0 bridgehead atoms. The van der Waals surface area contributed by atoms with Crippen LogP contribution in [0.4, 0.5) is 9.52 Å². The van der Waals surface area contributed by atoms with Crippen LogP contribution < -0.4 is 4.90 Å². The van der Waals surface area contributed by atoms with E-state index in [0.29, 0.717) is 13.0 Å². The minimum atomic E-state index is -0.229. The van der Waals surface area contributed by atoms with Gasteiger partial charge in [0.25, 0.3) is 0 Å². The minimum Gasteiger partial charge on any atom is -0.345 e. The van der Waals surface area contributed by atoms with Crippen molar-refractivity contribution in [2.75, 3.05) is 11.9 Å². The van der Waals surface area contributed by atoms with Gasteiger partial charge in [0.1, 0.15) is 10.8 Å². The van der Waals surface area contributed by atoms with Crippen LogP contribution in [-0.2, 0) is 13.0 Å². The number of para-hydroxylation sites is 1. The van der Waals surface area contributed by atoms with E-state index in [-0.39, 0.29) is 5.82 Å². The van der Waals surface area contributed by atoms with Crippen molar-refractivity contribution in [1.82, 2.24) is 20.0 Å². The smallest absolute Gasteiger partial charge is 0.208 e. The van der Waals surface area contributed by atoms with Gasteiger partial charge in [-0.05, 0) is 29.8 Å². The molecule has 0 spiro atoms. The molecular formula is C20H18FN5S. The first-order chi connectivity index (χ1) is 13.2. The molecule has 2 heterocycles. The standard InChI is InChI=1S/C20H18FN5S/c1-25(13-16-12-22-26(14-16)18-5-3-2-4-6-18)20-24-23-19(27-20)11-15-7-9-17(21)10-8-15/h2-10,12,14H,11,13H2,1H3. The quantitative estimate of drug-likeness (QED) is 0.506. The maximum Gasteiger partial charge on any atom is 0.208 e. The highest BCUT2D eigenvalue weighted by Crippen LogP contribution is 2.23. The minimum absolute atomic E-state index is 0.229. The number of nitrogens with zero attached hydrogens (tertiary/aromatic N) is 5. The summed E-state index contributed by atoms with van der Waals surface area (Å²) in [5.41, 5.74) is 3.14. The van der Waals surface area contributed by atoms with Crippen LogP contribution in [0, 0.1) is 5.82 Å². The van der Waals surface area contributed by atoms with E-state index in [9.17, 15) is 4.39 Å². The Labute approximate surface area is 160 Å². The zero-order valence-electron chi connectivity index (χ0n) is 14.8. The fourth-order valence-electron chi connectivity index (χ4n) is 2.75. The summed E-state index contributed by atoms with van der Waals surface area (Å²) in [4.78, 5) is 2.05. The second kappa shape index (κ2) is 7.67. The molecule has 0 amide bonds. The van der Waals surface area contributed by atoms with Gasteiger partial charge in [0, 0.05) is 31.8 Å². The van der Waals surface area contributed by atoms with Crippen molar-refractivity contribution >= 4 is 16.5 Å². The predicted molar refractivity (Wildman–Crippen MR) is 105 cm³/mol. The number of hydrogen-bond acceptors (Lipinski definition) is 5. The van der Waals surface area contributed by atoms with Crippen LogP contribution in [0.3, 0.4) is 0 Å². The van der Waals surface area contributed by atoms with Gasteiger partial charge in [-0.2, -0.15) is 5.10 Å². The third-order valence-corrected chi connectivity index (χ3v) is 5.17. The Morgan fingerprint density at radius 3 is 2.56 bits per heavy atom. The Hall–Kier alpha value is -3.06. The summed E-state index contributed by atoms with van der Waals surface area (Å²) in [7, 11) is 1.99. The number of hydrogen-bond donors (Lipinski definition) is 0. The average molecular weight is 379 g/mol. The van der Waals surface area contributed by atoms with Crippen molar-refractivity contribution in [2.45, 2.75) is 13.0 Å². The van der Waals surface area contributed by atoms with E-state index < -0.39 is 0 Å². The van der Waals surface area contributed by atoms with Gasteiger partial charge in [0.05, 0.1) is 11.9 Å². The maximum absolute atomic E-state index is 13.0. The van der Waals surface area contributed by atoms with Crippen molar-refractivity contribution < 1.29 is 4.39 Å². The highest BCUT2D eigenvalue weighted by Gasteiger charge is 2.11. The summed E-state index contributed by atoms with van der Waals surface area (Å²) in [6.07, 6.45) is 4.54. The van der Waals surface area contributed by atoms with E-state index in [0.717, 1.165) is 27.0 Å². The number of rotatable bonds is 6. The summed E-state index contributed by atoms with van der Waals surface area (Å²) in [6, 6.07) is 16.5. The molecule has 0 unspecified atom stereocenters. The molecule has 136 valence electrons. The lowest BCUT2D eigenvalue weighted by Crippen LogP contribution is -2.15. The topological polar surface area (TPSA) is 46.8 Å². The third-order valence-electron chi connectivity index (χ3n) is 4.13. The van der Waals surface area contributed by atoms with Crippen molar-refractivity contribution in [2.24, 2.45) is 0 Å². The Morgan fingerprint density at radius 1 is 1.00 bits per heavy atom. The lowest BCUT2D eigenvalue weighted by molar-refractivity contribution is 0.627. The molecule has 7 heteroatoms. The monoisotopic (exact) mass is 379 g/mol. The molecule has 4 rings (SSSR count). The highest BCUT2D eigenvalue weighted by molar-refractivity contribution is 7.15. The molecule has 2 aromatic carbocycles. The van der Waals surface area contributed by atoms with E-state index in [1.165, 1.54) is 12.1 Å². The zero-order valence-corrected chi connectivity index (χ0v) is 15.6. The van der Waals surface area contributed by atoms with Gasteiger partial charge < -0.3 is 4.90 Å². The van der Waals surface area contributed by atoms with Crippen LogP contribution in [-0.4, -0.2) is 27.0 Å². The van der Waals surface area contributed by atoms with Gasteiger partial charge in [0.2, 0.25) is 5.13 Å². The Bertz CT molecular complexity index is 1010. The van der Waals surface area contributed by atoms with Crippen molar-refractivity contribution in [3.05, 3.63) is 88.9 Å². The van der Waals surface area contributed by atoms with Crippen molar-refractivity contribution in [3.63, 3.8) is 0 Å². The lowest BCUT2D eigenvalue weighted by atomic mass is 10.2. The molecular weight excluding hydrogens is 361 g/mol. The SMILES string of the molecule is CN(Cc1cnn(-c2ccccc2)c1)c1nnc(Cc2ccc(F)cc2)s1. The summed E-state index contributed by atoms with van der Waals surface area (Å²) < 4.78 is 14.9. The molecule has 0 saturated carbocycles. The molecule has 5 nitrogen and oxygen atoms in total. The van der Waals surface area contributed by atoms with Crippen LogP contribution in [0.15, 0.2) is 67.0 Å². The summed E-state index contributed by atoms with van der Waals surface area (Å²) in [5, 5.41) is 14.7. The van der Waals surface area contributed by atoms with Crippen molar-refractivity contribution in [3.8, 4) is 5.69 Å². The van der Waals surface area contributed by atoms with E-state index in [4.69, 9.17) is 0 Å². The maximum atomic E-state index is 13.0. The lowest BCUT2D eigenvalue weighted by Gasteiger charge is -2.13. The summed E-state index contributed by atoms with van der Waals surface area (Å²) >= 11 is 1.55. The summed E-state index contributed by atoms with van der Waals surface area (Å²) in [5.74, 6) is -0.229. The molecule has 0 aliphatic rings. The Morgan fingerprint density at radius 2 is 1.78 bits per heavy atom. The molecule has 4 aromatic rings. The van der Waals surface area contributed by atoms with Crippen LogP contribution in [0.25, 0.3) is 5.69 Å². The van der Waals surface area contributed by atoms with Gasteiger partial charge in [-0.3, -0.25) is 0 Å². The van der Waals surface area contributed by atoms with E-state index in [1.54, 1.807) is 23.5 Å². The van der Waals surface area contributed by atoms with Crippen LogP contribution in [0.2, 0.25) is 0 Å². The van der Waals surface area contributed by atoms with Crippen LogP contribution >= 0.6 is 11.3 Å². The average Bonchev–Trinajstić information content (AvgIpc) is 3.34. The molecule has 0 N–H and O–H groups in total. The zero-order chi connectivity index (χ0) is 18.6. The normalized spacial score (nSPS) is 10.9. The molecule has 0 saturated heterocycles. The Balaban J connectivity index is 1.41. The fourth-order valence-corrected chi connectivity index (χ4v) is 3.59. The molecule has 27 heavy (non-hydrogen) atoms. The molecule has 0 aliphatic carbocycles. The first-order valence-electron chi connectivity index (χ1n) is 8.54. The molecule has 0 fully saturated rings. The van der Waals surface area contributed by atoms with E-state index in [2.05, 4.69) is 20.2 Å². The molecule has 0 atom stereocenters. The first kappa shape index (κ1) is 17.4. The second-order valence-corrected chi connectivity index (χ2v) is 7.31. The van der Waals surface area contributed by atoms with Crippen LogP contribution in [0.5, 0.6) is 0 Å². The fraction of sp³-hybridized carbons (Fsp3) is 0.150. The van der Waals surface area contributed by atoms with Gasteiger partial charge in [-0.15, -0.1) is 10.2 Å². The van der Waals surface area contributed by atoms with Gasteiger partial charge in [-0.1, -0.05) is 41.7 Å². The molecule has 2 aromatic heterocycles. The number of benzene rings is 2. The summed E-state index contributed by atoms with van der Waals surface area (Å²) in [6.45, 7) is 0.692. The van der Waals surface area contributed by atoms with Crippen molar-refractivity contribution in [1.29, 1.82) is 0 Å². The van der Waals surface area contributed by atoms with Gasteiger partial charge in [-0.25, -0.2) is 9.07 Å². The van der Waals surface area contributed by atoms with Crippen LogP contribution in [0.1, 0.15) is 16.1 Å². The van der Waals surface area contributed by atoms with E-state index in [1.807, 2.05) is 54.5 Å². The molecule has 0 radical (unpaired) electrons. The first-order valence-corrected chi connectivity index (χ1v) is 9.36. The second-order valence-electron chi connectivity index (χ2n) is 6.27. The molecule has 0 aliphatic heterocycles. The van der Waals surface area contributed by atoms with Gasteiger partial charge >= 0.3 is 0 Å². The van der Waals surface area contributed by atoms with Gasteiger partial charge in [0.15, 0.2) is 0 Å². The number of anilines is 1. The predicted octanol–water partition coefficient (Wildman–Crippen LogP) is 4.09. The number of halogens is 1. The third kappa shape index (κ3) is 4.20. The Kier molecular flexibility index (Phi) is 4.93. The highest BCUT2D eigenvalue weighted by atomic mass is 32.1. The largest absolute Gasteiger partial charge is 0.345 e.